The van der Waals surface area contributed by atoms with Gasteiger partial charge in [-0.25, -0.2) is 0 Å². The van der Waals surface area contributed by atoms with Gasteiger partial charge in [0.15, 0.2) is 5.41 Å². The van der Waals surface area contributed by atoms with Gasteiger partial charge in [0.1, 0.15) is 0 Å². The lowest BCUT2D eigenvalue weighted by atomic mass is 9.75. The summed E-state index contributed by atoms with van der Waals surface area (Å²) in [5.74, 6) is -1.24. The third-order valence-corrected chi connectivity index (χ3v) is 3.50. The molecule has 2 N–H and O–H groups in total. The Morgan fingerprint density at radius 2 is 1.52 bits per heavy atom. The number of carbonyl (C=O) groups is 3. The Morgan fingerprint density at radius 1 is 1.00 bits per heavy atom. The van der Waals surface area contributed by atoms with Crippen molar-refractivity contribution < 1.29 is 19.1 Å². The summed E-state index contributed by atoms with van der Waals surface area (Å²) in [5, 5.41) is 5.44. The average Bonchev–Trinajstić information content (AvgIpc) is 2.52. The highest BCUT2D eigenvalue weighted by Gasteiger charge is 2.47. The van der Waals surface area contributed by atoms with E-state index in [0.29, 0.717) is 18.7 Å². The lowest BCUT2D eigenvalue weighted by Crippen LogP contribution is -2.55. The summed E-state index contributed by atoms with van der Waals surface area (Å²) in [6.45, 7) is 5.66. The number of benzene rings is 1. The van der Waals surface area contributed by atoms with Crippen molar-refractivity contribution in [1.82, 2.24) is 10.6 Å². The van der Waals surface area contributed by atoms with Gasteiger partial charge in [-0.05, 0) is 19.4 Å². The van der Waals surface area contributed by atoms with Crippen LogP contribution in [-0.4, -0.2) is 37.5 Å². The number of likely N-dealkylation sites (N-methyl/N-ethyl adjacent to an activating group) is 2. The second-order valence-corrected chi connectivity index (χ2v) is 5.08. The van der Waals surface area contributed by atoms with Crippen LogP contribution in [0.4, 0.5) is 0 Å². The van der Waals surface area contributed by atoms with Gasteiger partial charge < -0.3 is 15.4 Å². The first-order valence-corrected chi connectivity index (χ1v) is 7.74. The van der Waals surface area contributed by atoms with Crippen molar-refractivity contribution in [3.05, 3.63) is 35.9 Å². The van der Waals surface area contributed by atoms with Crippen LogP contribution in [0, 0.1) is 0 Å². The Balaban J connectivity index is 3.29. The topological polar surface area (TPSA) is 84.5 Å². The molecule has 0 aliphatic heterocycles. The second-order valence-electron chi connectivity index (χ2n) is 5.08. The fourth-order valence-electron chi connectivity index (χ4n) is 2.43. The predicted octanol–water partition coefficient (Wildman–Crippen LogP) is 1.15. The molecule has 0 unspecified atom stereocenters. The molecule has 0 saturated heterocycles. The molecule has 6 heteroatoms. The average molecular weight is 320 g/mol. The Bertz CT molecular complexity index is 525. The van der Waals surface area contributed by atoms with E-state index in [1.54, 1.807) is 38.1 Å². The van der Waals surface area contributed by atoms with Gasteiger partial charge in [0, 0.05) is 26.4 Å². The zero-order chi connectivity index (χ0) is 17.3. The van der Waals surface area contributed by atoms with Gasteiger partial charge in [0.25, 0.3) is 0 Å². The summed E-state index contributed by atoms with van der Waals surface area (Å²) in [7, 11) is 0. The molecular formula is C17H24N2O4. The van der Waals surface area contributed by atoms with Crippen molar-refractivity contribution >= 4 is 17.8 Å². The van der Waals surface area contributed by atoms with Crippen molar-refractivity contribution in [1.29, 1.82) is 0 Å². The van der Waals surface area contributed by atoms with Gasteiger partial charge in [-0.15, -0.1) is 0 Å². The van der Waals surface area contributed by atoms with Crippen LogP contribution in [0.2, 0.25) is 0 Å². The van der Waals surface area contributed by atoms with Crippen LogP contribution >= 0.6 is 0 Å². The van der Waals surface area contributed by atoms with Crippen LogP contribution in [0.25, 0.3) is 0 Å². The van der Waals surface area contributed by atoms with Crippen molar-refractivity contribution in [2.75, 3.05) is 19.7 Å². The molecule has 0 radical (unpaired) electrons. The van der Waals surface area contributed by atoms with E-state index in [1.165, 1.54) is 6.92 Å². The third-order valence-electron chi connectivity index (χ3n) is 3.50. The predicted molar refractivity (Wildman–Crippen MR) is 86.7 cm³/mol. The van der Waals surface area contributed by atoms with Gasteiger partial charge in [0.2, 0.25) is 11.8 Å². The third kappa shape index (κ3) is 4.55. The monoisotopic (exact) mass is 320 g/mol. The number of nitrogens with one attached hydrogen (secondary N) is 2. The molecule has 2 amide bonds. The largest absolute Gasteiger partial charge is 0.466 e. The summed E-state index contributed by atoms with van der Waals surface area (Å²) in [5.41, 5.74) is -0.855. The quantitative estimate of drug-likeness (QED) is 0.556. The molecule has 6 nitrogen and oxygen atoms in total. The van der Waals surface area contributed by atoms with Crippen LogP contribution in [0.5, 0.6) is 0 Å². The zero-order valence-corrected chi connectivity index (χ0v) is 13.8. The molecule has 0 saturated carbocycles. The maximum Gasteiger partial charge on any atom is 0.302 e. The lowest BCUT2D eigenvalue weighted by molar-refractivity contribution is -0.145. The Hall–Kier alpha value is -2.37. The van der Waals surface area contributed by atoms with Crippen molar-refractivity contribution in [2.24, 2.45) is 0 Å². The van der Waals surface area contributed by atoms with E-state index in [2.05, 4.69) is 10.6 Å². The first-order chi connectivity index (χ1) is 11.0. The van der Waals surface area contributed by atoms with E-state index in [-0.39, 0.29) is 13.0 Å². The molecule has 126 valence electrons. The molecule has 0 bridgehead atoms. The van der Waals surface area contributed by atoms with Crippen molar-refractivity contribution in [3.63, 3.8) is 0 Å². The van der Waals surface area contributed by atoms with E-state index in [9.17, 15) is 14.4 Å². The van der Waals surface area contributed by atoms with Crippen LogP contribution in [0.1, 0.15) is 32.8 Å². The number of ether oxygens (including phenoxy) is 1. The molecular weight excluding hydrogens is 296 g/mol. The highest BCUT2D eigenvalue weighted by Crippen LogP contribution is 2.29. The molecule has 0 heterocycles. The summed E-state index contributed by atoms with van der Waals surface area (Å²) >= 11 is 0. The van der Waals surface area contributed by atoms with E-state index >= 15 is 0 Å². The van der Waals surface area contributed by atoms with Gasteiger partial charge in [-0.1, -0.05) is 30.3 Å². The number of hydrogen-bond acceptors (Lipinski definition) is 4. The minimum Gasteiger partial charge on any atom is -0.466 e. The maximum atomic E-state index is 12.7. The maximum absolute atomic E-state index is 12.7. The lowest BCUT2D eigenvalue weighted by Gasteiger charge is -2.31. The van der Waals surface area contributed by atoms with Crippen LogP contribution in [-0.2, 0) is 24.5 Å². The fourth-order valence-corrected chi connectivity index (χ4v) is 2.43. The summed E-state index contributed by atoms with van der Waals surface area (Å²) < 4.78 is 4.98. The smallest absolute Gasteiger partial charge is 0.302 e. The summed E-state index contributed by atoms with van der Waals surface area (Å²) in [6.07, 6.45) is 0.0776. The number of carbonyl (C=O) groups excluding carboxylic acids is 3. The number of esters is 1. The van der Waals surface area contributed by atoms with Crippen molar-refractivity contribution in [3.8, 4) is 0 Å². The highest BCUT2D eigenvalue weighted by molar-refractivity contribution is 6.10. The number of rotatable bonds is 8. The Morgan fingerprint density at radius 3 is 1.96 bits per heavy atom. The summed E-state index contributed by atoms with van der Waals surface area (Å²) in [4.78, 5) is 36.5. The Labute approximate surface area is 136 Å². The number of hydrogen-bond donors (Lipinski definition) is 2. The molecule has 1 rings (SSSR count). The minimum absolute atomic E-state index is 0.0154. The first-order valence-electron chi connectivity index (χ1n) is 7.74. The summed E-state index contributed by atoms with van der Waals surface area (Å²) in [6, 6.07) is 8.83. The van der Waals surface area contributed by atoms with Crippen LogP contribution < -0.4 is 10.6 Å². The van der Waals surface area contributed by atoms with Crippen LogP contribution in [0.15, 0.2) is 30.3 Å². The SMILES string of the molecule is CCNC(=O)C(CCOC(C)=O)(C(=O)NCC)c1ccccc1. The normalized spacial score (nSPS) is 10.7. The van der Waals surface area contributed by atoms with E-state index in [0.717, 1.165) is 0 Å². The van der Waals surface area contributed by atoms with Crippen LogP contribution in [0.3, 0.4) is 0 Å². The van der Waals surface area contributed by atoms with Gasteiger partial charge >= 0.3 is 5.97 Å². The second kappa shape index (κ2) is 8.92. The molecule has 0 fully saturated rings. The standard InChI is InChI=1S/C17H24N2O4/c1-4-18-15(21)17(16(22)19-5-2,11-12-23-13(3)20)14-9-7-6-8-10-14/h6-10H,4-5,11-12H2,1-3H3,(H,18,21)(H,19,22). The molecule has 1 aromatic rings. The minimum atomic E-state index is -1.43. The molecule has 0 aromatic heterocycles. The molecule has 23 heavy (non-hydrogen) atoms. The highest BCUT2D eigenvalue weighted by atomic mass is 16.5. The van der Waals surface area contributed by atoms with E-state index < -0.39 is 23.2 Å². The molecule has 0 aliphatic carbocycles. The van der Waals surface area contributed by atoms with Crippen molar-refractivity contribution in [2.45, 2.75) is 32.6 Å². The van der Waals surface area contributed by atoms with Gasteiger partial charge in [0.05, 0.1) is 6.61 Å². The number of amides is 2. The van der Waals surface area contributed by atoms with Gasteiger partial charge in [-0.3, -0.25) is 14.4 Å². The molecule has 0 aliphatic rings. The van der Waals surface area contributed by atoms with E-state index in [4.69, 9.17) is 4.74 Å². The molecule has 1 aromatic carbocycles. The zero-order valence-electron chi connectivity index (χ0n) is 13.8. The fraction of sp³-hybridized carbons (Fsp3) is 0.471. The van der Waals surface area contributed by atoms with Gasteiger partial charge in [-0.2, -0.15) is 0 Å². The molecule has 0 atom stereocenters. The Kier molecular flexibility index (Phi) is 7.25. The molecule has 0 spiro atoms. The first kappa shape index (κ1) is 18.7. The van der Waals surface area contributed by atoms with E-state index in [1.807, 2.05) is 6.07 Å².